The van der Waals surface area contributed by atoms with Crippen molar-refractivity contribution in [1.82, 2.24) is 20.9 Å². The number of benzene rings is 3. The number of fused-ring (bicyclic) bond motifs is 1. The van der Waals surface area contributed by atoms with Gasteiger partial charge in [0, 0.05) is 31.4 Å². The molecular weight excluding hydrogens is 581 g/mol. The van der Waals surface area contributed by atoms with Crippen molar-refractivity contribution in [2.45, 2.75) is 26.7 Å². The summed E-state index contributed by atoms with van der Waals surface area (Å²) < 4.78 is 27.4. The fourth-order valence-corrected chi connectivity index (χ4v) is 4.80. The number of halogens is 1. The molecular formula is C33H36FN5O6. The van der Waals surface area contributed by atoms with Crippen LogP contribution in [0.15, 0.2) is 60.7 Å². The first-order valence-corrected chi connectivity index (χ1v) is 14.6. The molecule has 12 heteroatoms. The zero-order valence-electron chi connectivity index (χ0n) is 25.3. The number of unbranched alkanes of at least 4 members (excludes halogenated alkanes) is 1. The van der Waals surface area contributed by atoms with E-state index in [-0.39, 0.29) is 43.3 Å². The van der Waals surface area contributed by atoms with Gasteiger partial charge in [-0.25, -0.2) is 14.2 Å². The van der Waals surface area contributed by atoms with Gasteiger partial charge in [0.25, 0.3) is 11.8 Å². The number of nitrogens with one attached hydrogen (secondary N) is 4. The lowest BCUT2D eigenvalue weighted by atomic mass is 9.97. The SMILES string of the molecule is CCOc1nc2ccc(-c3ccc(C(=O)NCCCCNC(=O)O)c(F)c3)c(OCC)c2c(Nc2ccccc2)c1C(=O)NC. The molecule has 0 atom stereocenters. The van der Waals surface area contributed by atoms with Crippen LogP contribution in [-0.4, -0.2) is 61.3 Å². The Bertz CT molecular complexity index is 1680. The molecule has 0 saturated carbocycles. The number of nitrogens with zero attached hydrogens (tertiary/aromatic N) is 1. The van der Waals surface area contributed by atoms with Crippen molar-refractivity contribution in [3.63, 3.8) is 0 Å². The number of rotatable bonds is 14. The molecule has 0 radical (unpaired) electrons. The van der Waals surface area contributed by atoms with Gasteiger partial charge in [0.2, 0.25) is 5.88 Å². The van der Waals surface area contributed by atoms with Crippen molar-refractivity contribution >= 4 is 40.2 Å². The van der Waals surface area contributed by atoms with Crippen LogP contribution < -0.4 is 30.7 Å². The highest BCUT2D eigenvalue weighted by molar-refractivity contribution is 6.13. The topological polar surface area (TPSA) is 151 Å². The van der Waals surface area contributed by atoms with E-state index in [1.807, 2.05) is 37.3 Å². The molecule has 0 aliphatic heterocycles. The van der Waals surface area contributed by atoms with Crippen LogP contribution in [0.2, 0.25) is 0 Å². The van der Waals surface area contributed by atoms with Gasteiger partial charge < -0.3 is 35.8 Å². The normalized spacial score (nSPS) is 10.7. The van der Waals surface area contributed by atoms with E-state index in [0.29, 0.717) is 52.0 Å². The second-order valence-electron chi connectivity index (χ2n) is 9.83. The number of aromatic nitrogens is 1. The molecule has 1 heterocycles. The Balaban J connectivity index is 1.78. The molecule has 4 rings (SSSR count). The molecule has 0 aliphatic rings. The van der Waals surface area contributed by atoms with Crippen molar-refractivity contribution in [3.8, 4) is 22.8 Å². The Morgan fingerprint density at radius 2 is 1.60 bits per heavy atom. The highest BCUT2D eigenvalue weighted by Crippen LogP contribution is 2.44. The maximum absolute atomic E-state index is 15.4. The van der Waals surface area contributed by atoms with Crippen LogP contribution in [-0.2, 0) is 0 Å². The average Bonchev–Trinajstić information content (AvgIpc) is 3.03. The van der Waals surface area contributed by atoms with E-state index in [4.69, 9.17) is 14.6 Å². The predicted octanol–water partition coefficient (Wildman–Crippen LogP) is 5.72. The van der Waals surface area contributed by atoms with E-state index in [9.17, 15) is 14.4 Å². The Labute approximate surface area is 260 Å². The second kappa shape index (κ2) is 15.4. The molecule has 1 aromatic heterocycles. The van der Waals surface area contributed by atoms with Crippen LogP contribution >= 0.6 is 0 Å². The van der Waals surface area contributed by atoms with E-state index in [2.05, 4.69) is 26.3 Å². The van der Waals surface area contributed by atoms with Crippen LogP contribution in [0, 0.1) is 5.82 Å². The zero-order chi connectivity index (χ0) is 32.3. The van der Waals surface area contributed by atoms with Gasteiger partial charge in [-0.1, -0.05) is 24.3 Å². The van der Waals surface area contributed by atoms with Crippen LogP contribution in [0.5, 0.6) is 11.6 Å². The number of carboxylic acid groups (broad SMARTS) is 1. The summed E-state index contributed by atoms with van der Waals surface area (Å²) in [6.07, 6.45) is -0.0567. The Kier molecular flexibility index (Phi) is 11.1. The maximum Gasteiger partial charge on any atom is 0.404 e. The van der Waals surface area contributed by atoms with E-state index < -0.39 is 23.7 Å². The summed E-state index contributed by atoms with van der Waals surface area (Å²) in [5.41, 5.74) is 2.66. The maximum atomic E-state index is 15.4. The molecule has 4 aromatic rings. The Hall–Kier alpha value is -5.39. The molecule has 3 aromatic carbocycles. The first-order chi connectivity index (χ1) is 21.8. The number of amides is 3. The van der Waals surface area contributed by atoms with Gasteiger partial charge in [0.05, 0.1) is 35.4 Å². The molecule has 5 N–H and O–H groups in total. The first-order valence-electron chi connectivity index (χ1n) is 14.6. The van der Waals surface area contributed by atoms with E-state index in [1.54, 1.807) is 25.1 Å². The third-order valence-corrected chi connectivity index (χ3v) is 6.83. The molecule has 0 bridgehead atoms. The van der Waals surface area contributed by atoms with Crippen LogP contribution in [0.4, 0.5) is 20.6 Å². The molecule has 236 valence electrons. The minimum atomic E-state index is -1.11. The summed E-state index contributed by atoms with van der Waals surface area (Å²) in [7, 11) is 1.52. The minimum Gasteiger partial charge on any atom is -0.492 e. The second-order valence-corrected chi connectivity index (χ2v) is 9.83. The lowest BCUT2D eigenvalue weighted by Gasteiger charge is -2.21. The number of carbonyl (C=O) groups is 3. The van der Waals surface area contributed by atoms with Crippen LogP contribution in [0.1, 0.15) is 47.4 Å². The smallest absolute Gasteiger partial charge is 0.404 e. The molecule has 0 unspecified atom stereocenters. The van der Waals surface area contributed by atoms with Gasteiger partial charge >= 0.3 is 6.09 Å². The number of hydrogen-bond donors (Lipinski definition) is 5. The van der Waals surface area contributed by atoms with Crippen molar-refractivity contribution in [2.24, 2.45) is 0 Å². The summed E-state index contributed by atoms with van der Waals surface area (Å²) in [5.74, 6) is -1.19. The number of para-hydroxylation sites is 1. The van der Waals surface area contributed by atoms with E-state index in [1.165, 1.54) is 19.2 Å². The molecule has 0 spiro atoms. The highest BCUT2D eigenvalue weighted by atomic mass is 19.1. The number of ether oxygens (including phenoxy) is 2. The Morgan fingerprint density at radius 3 is 2.24 bits per heavy atom. The number of hydrogen-bond acceptors (Lipinski definition) is 7. The monoisotopic (exact) mass is 617 g/mol. The molecule has 0 aliphatic carbocycles. The largest absolute Gasteiger partial charge is 0.492 e. The molecule has 0 fully saturated rings. The van der Waals surface area contributed by atoms with Gasteiger partial charge in [-0.3, -0.25) is 9.59 Å². The lowest BCUT2D eigenvalue weighted by Crippen LogP contribution is -2.27. The minimum absolute atomic E-state index is 0.127. The van der Waals surface area contributed by atoms with Crippen molar-refractivity contribution in [1.29, 1.82) is 0 Å². The summed E-state index contributed by atoms with van der Waals surface area (Å²) in [6.45, 7) is 4.70. The molecule has 3 amide bonds. The van der Waals surface area contributed by atoms with Crippen molar-refractivity contribution in [3.05, 3.63) is 77.6 Å². The van der Waals surface area contributed by atoms with E-state index >= 15 is 4.39 Å². The van der Waals surface area contributed by atoms with Crippen LogP contribution in [0.25, 0.3) is 22.0 Å². The van der Waals surface area contributed by atoms with Gasteiger partial charge in [-0.2, -0.15) is 0 Å². The highest BCUT2D eigenvalue weighted by Gasteiger charge is 2.26. The third-order valence-electron chi connectivity index (χ3n) is 6.83. The first kappa shape index (κ1) is 32.5. The fourth-order valence-electron chi connectivity index (χ4n) is 4.80. The quantitative estimate of drug-likeness (QED) is 0.113. The molecule has 45 heavy (non-hydrogen) atoms. The lowest BCUT2D eigenvalue weighted by molar-refractivity contribution is 0.0944. The molecule has 11 nitrogen and oxygen atoms in total. The fraction of sp³-hybridized carbons (Fsp3) is 0.273. The summed E-state index contributed by atoms with van der Waals surface area (Å²) in [6, 6.07) is 17.1. The standard InChI is InChI=1S/C33H36FN5O6/c1-4-44-29-22(20-13-14-23(24(34)19-20)30(40)36-17-9-10-18-37-33(42)43)15-16-25-26(29)28(38-21-11-7-6-8-12-21)27(31(41)35-3)32(39-25)45-5-2/h6-8,11-16,19,37H,4-5,9-10,17-18H2,1-3H3,(H,35,41)(H,36,40)(H,38,39)(H,42,43). The number of pyridine rings is 1. The molecule has 0 saturated heterocycles. The van der Waals surface area contributed by atoms with Crippen LogP contribution in [0.3, 0.4) is 0 Å². The van der Waals surface area contributed by atoms with Gasteiger partial charge in [-0.15, -0.1) is 0 Å². The van der Waals surface area contributed by atoms with Crippen molar-refractivity contribution < 1.29 is 33.4 Å². The predicted molar refractivity (Wildman–Crippen MR) is 170 cm³/mol. The summed E-state index contributed by atoms with van der Waals surface area (Å²) in [5, 5.41) is 20.1. The Morgan fingerprint density at radius 1 is 0.889 bits per heavy atom. The number of carbonyl (C=O) groups excluding carboxylic acids is 2. The van der Waals surface area contributed by atoms with Gasteiger partial charge in [0.15, 0.2) is 0 Å². The third kappa shape index (κ3) is 7.77. The van der Waals surface area contributed by atoms with Crippen molar-refractivity contribution in [2.75, 3.05) is 38.7 Å². The summed E-state index contributed by atoms with van der Waals surface area (Å²) in [4.78, 5) is 41.1. The van der Waals surface area contributed by atoms with Gasteiger partial charge in [0.1, 0.15) is 17.1 Å². The van der Waals surface area contributed by atoms with Gasteiger partial charge in [-0.05, 0) is 68.7 Å². The zero-order valence-corrected chi connectivity index (χ0v) is 25.3. The van der Waals surface area contributed by atoms with E-state index in [0.717, 1.165) is 0 Å². The average molecular weight is 618 g/mol. The summed E-state index contributed by atoms with van der Waals surface area (Å²) >= 11 is 0. The number of anilines is 2.